The molecule has 1 aromatic heterocycles. The average Bonchev–Trinajstić information content (AvgIpc) is 2.78. The number of rotatable bonds is 2. The molecule has 0 bridgehead atoms. The highest BCUT2D eigenvalue weighted by molar-refractivity contribution is 5.91. The third-order valence-electron chi connectivity index (χ3n) is 3.23. The Morgan fingerprint density at radius 2 is 2.11 bits per heavy atom. The zero-order chi connectivity index (χ0) is 13.2. The molecule has 0 saturated carbocycles. The molecule has 2 N–H and O–H groups in total. The Balaban J connectivity index is 1.96. The first-order valence-electron chi connectivity index (χ1n) is 6.41. The van der Waals surface area contributed by atoms with Gasteiger partial charge in [0.15, 0.2) is 5.82 Å². The molecule has 0 aliphatic carbocycles. The first-order chi connectivity index (χ1) is 8.47. The van der Waals surface area contributed by atoms with Crippen LogP contribution in [-0.2, 0) is 14.9 Å². The summed E-state index contributed by atoms with van der Waals surface area (Å²) in [5.41, 5.74) is 1.03. The van der Waals surface area contributed by atoms with Crippen molar-refractivity contribution in [3.8, 4) is 0 Å². The van der Waals surface area contributed by atoms with Crippen LogP contribution in [-0.4, -0.2) is 29.3 Å². The summed E-state index contributed by atoms with van der Waals surface area (Å²) >= 11 is 0. The lowest BCUT2D eigenvalue weighted by Gasteiger charge is -2.20. The van der Waals surface area contributed by atoms with Gasteiger partial charge in [0.05, 0.1) is 0 Å². The fourth-order valence-electron chi connectivity index (χ4n) is 1.96. The van der Waals surface area contributed by atoms with Crippen LogP contribution in [0.2, 0.25) is 0 Å². The molecule has 1 aliphatic heterocycles. The molecule has 0 spiro atoms. The van der Waals surface area contributed by atoms with Crippen molar-refractivity contribution in [1.82, 2.24) is 10.2 Å². The van der Waals surface area contributed by atoms with Crippen LogP contribution in [0.3, 0.4) is 0 Å². The minimum absolute atomic E-state index is 0.00859. The van der Waals surface area contributed by atoms with Gasteiger partial charge in [0.25, 0.3) is 0 Å². The molecule has 0 unspecified atom stereocenters. The van der Waals surface area contributed by atoms with Gasteiger partial charge in [-0.25, -0.2) is 0 Å². The van der Waals surface area contributed by atoms with Crippen LogP contribution in [0.15, 0.2) is 6.07 Å². The van der Waals surface area contributed by atoms with Crippen LogP contribution in [0.5, 0.6) is 0 Å². The number of aromatic nitrogens is 2. The highest BCUT2D eigenvalue weighted by atomic mass is 16.5. The van der Waals surface area contributed by atoms with Crippen LogP contribution < -0.4 is 5.32 Å². The minimum Gasteiger partial charge on any atom is -0.381 e. The van der Waals surface area contributed by atoms with Crippen molar-refractivity contribution < 1.29 is 9.53 Å². The van der Waals surface area contributed by atoms with Crippen LogP contribution >= 0.6 is 0 Å². The minimum atomic E-state index is 0.00859. The van der Waals surface area contributed by atoms with Crippen LogP contribution in [0.1, 0.15) is 39.3 Å². The summed E-state index contributed by atoms with van der Waals surface area (Å²) < 4.78 is 5.25. The zero-order valence-electron chi connectivity index (χ0n) is 11.2. The Kier molecular flexibility index (Phi) is 3.71. The highest BCUT2D eigenvalue weighted by Gasteiger charge is 2.23. The van der Waals surface area contributed by atoms with E-state index in [0.717, 1.165) is 18.5 Å². The molecule has 1 saturated heterocycles. The van der Waals surface area contributed by atoms with Gasteiger partial charge < -0.3 is 10.1 Å². The van der Waals surface area contributed by atoms with Gasteiger partial charge >= 0.3 is 0 Å². The third kappa shape index (κ3) is 3.10. The second-order valence-corrected chi connectivity index (χ2v) is 5.79. The summed E-state index contributed by atoms with van der Waals surface area (Å²) in [5.74, 6) is 0.704. The summed E-state index contributed by atoms with van der Waals surface area (Å²) in [6.07, 6.45) is 1.59. The van der Waals surface area contributed by atoms with Crippen molar-refractivity contribution in [3.05, 3.63) is 11.8 Å². The molecule has 0 aromatic carbocycles. The maximum atomic E-state index is 12.0. The van der Waals surface area contributed by atoms with Crippen LogP contribution in [0, 0.1) is 5.92 Å². The average molecular weight is 251 g/mol. The van der Waals surface area contributed by atoms with Gasteiger partial charge in [-0.1, -0.05) is 20.8 Å². The number of nitrogens with one attached hydrogen (secondary N) is 2. The van der Waals surface area contributed by atoms with E-state index in [9.17, 15) is 4.79 Å². The Morgan fingerprint density at radius 3 is 2.67 bits per heavy atom. The van der Waals surface area contributed by atoms with Crippen LogP contribution in [0.4, 0.5) is 5.82 Å². The molecule has 2 heterocycles. The van der Waals surface area contributed by atoms with Crippen molar-refractivity contribution in [3.63, 3.8) is 0 Å². The Bertz CT molecular complexity index is 414. The molecule has 5 nitrogen and oxygen atoms in total. The predicted molar refractivity (Wildman–Crippen MR) is 69.5 cm³/mol. The summed E-state index contributed by atoms with van der Waals surface area (Å²) in [7, 11) is 0. The zero-order valence-corrected chi connectivity index (χ0v) is 11.2. The molecule has 18 heavy (non-hydrogen) atoms. The molecule has 1 aromatic rings. The fourth-order valence-corrected chi connectivity index (χ4v) is 1.96. The number of aromatic amines is 1. The predicted octanol–water partition coefficient (Wildman–Crippen LogP) is 2.07. The maximum Gasteiger partial charge on any atom is 0.228 e. The number of carbonyl (C=O) groups is 1. The molecular weight excluding hydrogens is 230 g/mol. The largest absolute Gasteiger partial charge is 0.381 e. The van der Waals surface area contributed by atoms with Gasteiger partial charge in [0, 0.05) is 36.3 Å². The maximum absolute atomic E-state index is 12.0. The number of hydrogen-bond acceptors (Lipinski definition) is 3. The van der Waals surface area contributed by atoms with Crippen molar-refractivity contribution in [2.24, 2.45) is 5.92 Å². The van der Waals surface area contributed by atoms with E-state index in [2.05, 4.69) is 36.3 Å². The van der Waals surface area contributed by atoms with Gasteiger partial charge in [-0.15, -0.1) is 0 Å². The fraction of sp³-hybridized carbons (Fsp3) is 0.692. The number of anilines is 1. The summed E-state index contributed by atoms with van der Waals surface area (Å²) in [4.78, 5) is 12.0. The number of hydrogen-bond donors (Lipinski definition) is 2. The number of ether oxygens (including phenoxy) is 1. The first-order valence-corrected chi connectivity index (χ1v) is 6.41. The topological polar surface area (TPSA) is 67.0 Å². The van der Waals surface area contributed by atoms with Crippen molar-refractivity contribution >= 4 is 11.7 Å². The summed E-state index contributed by atoms with van der Waals surface area (Å²) in [5, 5.41) is 9.96. The van der Waals surface area contributed by atoms with Gasteiger partial charge in [0.1, 0.15) is 0 Å². The molecule has 0 radical (unpaired) electrons. The molecule has 1 fully saturated rings. The first kappa shape index (κ1) is 13.1. The molecule has 0 atom stereocenters. The van der Waals surface area contributed by atoms with Gasteiger partial charge in [-0.3, -0.25) is 9.89 Å². The summed E-state index contributed by atoms with van der Waals surface area (Å²) in [6, 6.07) is 1.90. The second kappa shape index (κ2) is 5.10. The monoisotopic (exact) mass is 251 g/mol. The normalized spacial score (nSPS) is 17.7. The number of carbonyl (C=O) groups excluding carboxylic acids is 1. The van der Waals surface area contributed by atoms with E-state index in [4.69, 9.17) is 4.74 Å². The second-order valence-electron chi connectivity index (χ2n) is 5.79. The molecular formula is C13H21N3O2. The lowest BCUT2D eigenvalue weighted by molar-refractivity contribution is -0.122. The third-order valence-corrected chi connectivity index (χ3v) is 3.23. The molecule has 1 aliphatic rings. The van der Waals surface area contributed by atoms with Gasteiger partial charge in [-0.05, 0) is 12.8 Å². The van der Waals surface area contributed by atoms with Gasteiger partial charge in [-0.2, -0.15) is 5.10 Å². The van der Waals surface area contributed by atoms with Gasteiger partial charge in [0.2, 0.25) is 5.91 Å². The molecule has 2 rings (SSSR count). The van der Waals surface area contributed by atoms with E-state index in [-0.39, 0.29) is 17.2 Å². The van der Waals surface area contributed by atoms with E-state index in [1.54, 1.807) is 0 Å². The quantitative estimate of drug-likeness (QED) is 0.845. The number of amides is 1. The van der Waals surface area contributed by atoms with E-state index in [1.807, 2.05) is 6.07 Å². The van der Waals surface area contributed by atoms with E-state index < -0.39 is 0 Å². The molecule has 1 amide bonds. The Hall–Kier alpha value is -1.36. The smallest absolute Gasteiger partial charge is 0.228 e. The van der Waals surface area contributed by atoms with E-state index in [1.165, 1.54) is 0 Å². The Morgan fingerprint density at radius 1 is 1.44 bits per heavy atom. The lowest BCUT2D eigenvalue weighted by atomic mass is 9.92. The molecule has 5 heteroatoms. The molecule has 100 valence electrons. The number of H-pyrrole nitrogens is 1. The highest BCUT2D eigenvalue weighted by Crippen LogP contribution is 2.23. The number of nitrogens with zero attached hydrogens (tertiary/aromatic N) is 1. The van der Waals surface area contributed by atoms with E-state index in [0.29, 0.717) is 19.0 Å². The Labute approximate surface area is 107 Å². The van der Waals surface area contributed by atoms with Crippen LogP contribution in [0.25, 0.3) is 0 Å². The SMILES string of the molecule is CC(C)(C)c1cc(NC(=O)C2CCOCC2)n[nH]1. The van der Waals surface area contributed by atoms with Crippen molar-refractivity contribution in [2.75, 3.05) is 18.5 Å². The lowest BCUT2D eigenvalue weighted by Crippen LogP contribution is -2.28. The summed E-state index contributed by atoms with van der Waals surface area (Å²) in [6.45, 7) is 7.65. The van der Waals surface area contributed by atoms with Crippen molar-refractivity contribution in [1.29, 1.82) is 0 Å². The standard InChI is InChI=1S/C13H21N3O2/c1-13(2,3)10-8-11(16-15-10)14-12(17)9-4-6-18-7-5-9/h8-9H,4-7H2,1-3H3,(H2,14,15,16,17). The van der Waals surface area contributed by atoms with E-state index >= 15 is 0 Å². The van der Waals surface area contributed by atoms with Crippen molar-refractivity contribution in [2.45, 2.75) is 39.0 Å².